The van der Waals surface area contributed by atoms with Gasteiger partial charge in [0.25, 0.3) is 0 Å². The van der Waals surface area contributed by atoms with Crippen molar-refractivity contribution in [3.8, 4) is 0 Å². The number of nitrogens with two attached hydrogens (primary N) is 1. The van der Waals surface area contributed by atoms with Crippen LogP contribution in [0.25, 0.3) is 0 Å². The number of halogens is 3. The van der Waals surface area contributed by atoms with Gasteiger partial charge in [0.15, 0.2) is 0 Å². The molecule has 0 saturated heterocycles. The Labute approximate surface area is 103 Å². The lowest BCUT2D eigenvalue weighted by Gasteiger charge is -2.25. The highest BCUT2D eigenvalue weighted by Crippen LogP contribution is 2.44. The largest absolute Gasteiger partial charge is 0.396 e. The van der Waals surface area contributed by atoms with Gasteiger partial charge in [-0.3, -0.25) is 10.8 Å². The monoisotopic (exact) mass is 257 g/mol. The van der Waals surface area contributed by atoms with Crippen molar-refractivity contribution in [1.82, 2.24) is 0 Å². The molecule has 0 radical (unpaired) electrons. The molecule has 0 aliphatic carbocycles. The van der Waals surface area contributed by atoms with Crippen molar-refractivity contribution in [3.63, 3.8) is 0 Å². The fraction of sp³-hybridized carbons (Fsp3) is 0.417. The average Bonchev–Trinajstić information content (AvgIpc) is 2.73. The standard InChI is InChI=1S/C12H14F3N3/c1-11(12(13,14)15)6-10(17-7-11)8-2-4-9(18-16)5-3-8/h2-5,18H,6-7,16H2,1H3. The van der Waals surface area contributed by atoms with E-state index in [9.17, 15) is 13.2 Å². The Morgan fingerprint density at radius 3 is 2.33 bits per heavy atom. The van der Waals surface area contributed by atoms with Gasteiger partial charge < -0.3 is 5.43 Å². The molecule has 1 aromatic rings. The van der Waals surface area contributed by atoms with Crippen LogP contribution in [0, 0.1) is 5.41 Å². The van der Waals surface area contributed by atoms with Gasteiger partial charge in [0.1, 0.15) is 0 Å². The maximum Gasteiger partial charge on any atom is 0.396 e. The SMILES string of the molecule is CC1(C(F)(F)F)CN=C(c2ccc(NN)cc2)C1. The van der Waals surface area contributed by atoms with Gasteiger partial charge in [0.05, 0.1) is 12.0 Å². The zero-order chi connectivity index (χ0) is 13.4. The van der Waals surface area contributed by atoms with E-state index in [0.717, 1.165) is 0 Å². The number of anilines is 1. The van der Waals surface area contributed by atoms with Crippen LogP contribution in [0.4, 0.5) is 18.9 Å². The molecule has 98 valence electrons. The predicted octanol–water partition coefficient (Wildman–Crippen LogP) is 2.73. The van der Waals surface area contributed by atoms with E-state index in [4.69, 9.17) is 5.84 Å². The molecule has 0 fully saturated rings. The van der Waals surface area contributed by atoms with Gasteiger partial charge in [0, 0.05) is 17.8 Å². The zero-order valence-corrected chi connectivity index (χ0v) is 9.88. The second-order valence-corrected chi connectivity index (χ2v) is 4.72. The van der Waals surface area contributed by atoms with Gasteiger partial charge in [-0.05, 0) is 24.6 Å². The molecule has 18 heavy (non-hydrogen) atoms. The minimum atomic E-state index is -4.23. The van der Waals surface area contributed by atoms with E-state index in [1.54, 1.807) is 24.3 Å². The van der Waals surface area contributed by atoms with Gasteiger partial charge in [-0.2, -0.15) is 13.2 Å². The van der Waals surface area contributed by atoms with Crippen molar-refractivity contribution >= 4 is 11.4 Å². The van der Waals surface area contributed by atoms with Crippen molar-refractivity contribution in [3.05, 3.63) is 29.8 Å². The molecular weight excluding hydrogens is 243 g/mol. The molecule has 1 aliphatic rings. The number of nitrogens with one attached hydrogen (secondary N) is 1. The van der Waals surface area contributed by atoms with Crippen molar-refractivity contribution in [2.75, 3.05) is 12.0 Å². The van der Waals surface area contributed by atoms with Gasteiger partial charge in [0.2, 0.25) is 0 Å². The number of nitrogens with zero attached hydrogens (tertiary/aromatic N) is 1. The molecule has 1 aromatic carbocycles. The third-order valence-corrected chi connectivity index (χ3v) is 3.25. The molecular formula is C12H14F3N3. The van der Waals surface area contributed by atoms with Crippen LogP contribution in [0.15, 0.2) is 29.3 Å². The molecule has 3 N–H and O–H groups in total. The molecule has 0 aromatic heterocycles. The van der Waals surface area contributed by atoms with Crippen molar-refractivity contribution < 1.29 is 13.2 Å². The second kappa shape index (κ2) is 4.28. The quantitative estimate of drug-likeness (QED) is 0.632. The Hall–Kier alpha value is -1.56. The number of rotatable bonds is 2. The van der Waals surface area contributed by atoms with Crippen LogP contribution < -0.4 is 11.3 Å². The first-order valence-electron chi connectivity index (χ1n) is 5.53. The summed E-state index contributed by atoms with van der Waals surface area (Å²) in [6.07, 6.45) is -4.30. The van der Waals surface area contributed by atoms with Crippen LogP contribution >= 0.6 is 0 Å². The molecule has 0 bridgehead atoms. The summed E-state index contributed by atoms with van der Waals surface area (Å²) in [6, 6.07) is 6.86. The smallest absolute Gasteiger partial charge is 0.324 e. The van der Waals surface area contributed by atoms with Crippen molar-refractivity contribution in [2.24, 2.45) is 16.3 Å². The first kappa shape index (κ1) is 12.9. The molecule has 3 nitrogen and oxygen atoms in total. The number of alkyl halides is 3. The van der Waals surface area contributed by atoms with Crippen LogP contribution in [0.3, 0.4) is 0 Å². The van der Waals surface area contributed by atoms with Gasteiger partial charge in [-0.1, -0.05) is 12.1 Å². The number of hydrogen-bond donors (Lipinski definition) is 2. The Morgan fingerprint density at radius 1 is 1.28 bits per heavy atom. The summed E-state index contributed by atoms with van der Waals surface area (Å²) in [6.45, 7) is 1.00. The highest BCUT2D eigenvalue weighted by molar-refractivity contribution is 6.02. The number of nitrogen functional groups attached to an aromatic ring is 1. The Balaban J connectivity index is 2.17. The fourth-order valence-electron chi connectivity index (χ4n) is 1.89. The maximum atomic E-state index is 12.9. The average molecular weight is 257 g/mol. The molecule has 0 spiro atoms. The molecule has 1 atom stereocenters. The molecule has 1 heterocycles. The molecule has 0 amide bonds. The molecule has 1 aliphatic heterocycles. The van der Waals surface area contributed by atoms with Gasteiger partial charge >= 0.3 is 6.18 Å². The Morgan fingerprint density at radius 2 is 1.89 bits per heavy atom. The van der Waals surface area contributed by atoms with Crippen LogP contribution in [0.1, 0.15) is 18.9 Å². The third kappa shape index (κ3) is 2.20. The Bertz CT molecular complexity index is 464. The van der Waals surface area contributed by atoms with E-state index in [-0.39, 0.29) is 13.0 Å². The molecule has 2 rings (SSSR count). The zero-order valence-electron chi connectivity index (χ0n) is 9.88. The lowest BCUT2D eigenvalue weighted by Crippen LogP contribution is -2.36. The lowest BCUT2D eigenvalue weighted by atomic mass is 9.85. The van der Waals surface area contributed by atoms with Crippen LogP contribution in [0.5, 0.6) is 0 Å². The normalized spacial score (nSPS) is 23.9. The minimum Gasteiger partial charge on any atom is -0.324 e. The summed E-state index contributed by atoms with van der Waals surface area (Å²) in [5.41, 5.74) is 2.64. The maximum absolute atomic E-state index is 12.9. The number of hydrazine groups is 1. The van der Waals surface area contributed by atoms with Crippen molar-refractivity contribution in [1.29, 1.82) is 0 Å². The van der Waals surface area contributed by atoms with Gasteiger partial charge in [-0.25, -0.2) is 0 Å². The summed E-state index contributed by atoms with van der Waals surface area (Å²) < 4.78 is 38.6. The predicted molar refractivity (Wildman–Crippen MR) is 64.4 cm³/mol. The summed E-state index contributed by atoms with van der Waals surface area (Å²) in [4.78, 5) is 4.03. The number of benzene rings is 1. The topological polar surface area (TPSA) is 50.4 Å². The molecule has 6 heteroatoms. The second-order valence-electron chi connectivity index (χ2n) is 4.72. The summed E-state index contributed by atoms with van der Waals surface area (Å²) in [7, 11) is 0. The number of hydrogen-bond acceptors (Lipinski definition) is 3. The van der Waals surface area contributed by atoms with E-state index >= 15 is 0 Å². The summed E-state index contributed by atoms with van der Waals surface area (Å²) in [5, 5.41) is 0. The number of aliphatic imine (C=N–C) groups is 1. The van der Waals surface area contributed by atoms with E-state index in [1.807, 2.05) is 0 Å². The van der Waals surface area contributed by atoms with E-state index < -0.39 is 11.6 Å². The van der Waals surface area contributed by atoms with E-state index in [2.05, 4.69) is 10.4 Å². The van der Waals surface area contributed by atoms with Gasteiger partial charge in [-0.15, -0.1) is 0 Å². The van der Waals surface area contributed by atoms with E-state index in [1.165, 1.54) is 6.92 Å². The molecule has 1 unspecified atom stereocenters. The Kier molecular flexibility index (Phi) is 3.06. The highest BCUT2D eigenvalue weighted by atomic mass is 19.4. The highest BCUT2D eigenvalue weighted by Gasteiger charge is 2.53. The van der Waals surface area contributed by atoms with Crippen LogP contribution in [0.2, 0.25) is 0 Å². The fourth-order valence-corrected chi connectivity index (χ4v) is 1.89. The lowest BCUT2D eigenvalue weighted by molar-refractivity contribution is -0.209. The van der Waals surface area contributed by atoms with Crippen LogP contribution in [-0.2, 0) is 0 Å². The third-order valence-electron chi connectivity index (χ3n) is 3.25. The van der Waals surface area contributed by atoms with E-state index in [0.29, 0.717) is 17.0 Å². The van der Waals surface area contributed by atoms with Crippen LogP contribution in [-0.4, -0.2) is 18.4 Å². The molecule has 0 saturated carbocycles. The van der Waals surface area contributed by atoms with Crippen molar-refractivity contribution in [2.45, 2.75) is 19.5 Å². The first-order chi connectivity index (χ1) is 8.36. The summed E-state index contributed by atoms with van der Waals surface area (Å²) >= 11 is 0. The first-order valence-corrected chi connectivity index (χ1v) is 5.53. The summed E-state index contributed by atoms with van der Waals surface area (Å²) in [5.74, 6) is 5.22. The minimum absolute atomic E-state index is 0.0775.